The van der Waals surface area contributed by atoms with Gasteiger partial charge in [0.1, 0.15) is 0 Å². The molecular formula is C12H22N4O3S. The number of aromatic nitrogens is 2. The molecule has 0 radical (unpaired) electrons. The zero-order chi connectivity index (χ0) is 14.8. The largest absolute Gasteiger partial charge is 0.338 e. The van der Waals surface area contributed by atoms with Crippen molar-refractivity contribution in [2.24, 2.45) is 0 Å². The van der Waals surface area contributed by atoms with Crippen LogP contribution in [-0.4, -0.2) is 48.8 Å². The number of hydrogen-bond acceptors (Lipinski definition) is 6. The normalized spacial score (nSPS) is 21.5. The standard InChI is InChI=1S/C12H22N4O3S/c1-9(2)12-13-11(19-14-12)8-16-6-4-5-10(7-16)15-20(3,17)18/h9-10,15H,4-8H2,1-3H3. The molecule has 0 amide bonds. The Balaban J connectivity index is 1.92. The lowest BCUT2D eigenvalue weighted by molar-refractivity contribution is 0.173. The van der Waals surface area contributed by atoms with Crippen molar-refractivity contribution in [3.8, 4) is 0 Å². The van der Waals surface area contributed by atoms with Crippen LogP contribution in [0.1, 0.15) is 44.3 Å². The molecule has 1 aliphatic rings. The van der Waals surface area contributed by atoms with E-state index in [2.05, 4.69) is 19.8 Å². The molecule has 1 aliphatic heterocycles. The van der Waals surface area contributed by atoms with Gasteiger partial charge in [0.2, 0.25) is 15.9 Å². The first kappa shape index (κ1) is 15.4. The monoisotopic (exact) mass is 302 g/mol. The third kappa shape index (κ3) is 4.53. The Bertz CT molecular complexity index is 541. The van der Waals surface area contributed by atoms with Gasteiger partial charge in [-0.3, -0.25) is 4.90 Å². The molecule has 1 unspecified atom stereocenters. The first-order chi connectivity index (χ1) is 9.33. The summed E-state index contributed by atoms with van der Waals surface area (Å²) in [6, 6.07) is -0.0359. The molecule has 1 aromatic heterocycles. The Hall–Kier alpha value is -0.990. The van der Waals surface area contributed by atoms with E-state index in [1.54, 1.807) is 0 Å². The smallest absolute Gasteiger partial charge is 0.240 e. The molecule has 1 fully saturated rings. The highest BCUT2D eigenvalue weighted by Crippen LogP contribution is 2.15. The predicted molar refractivity (Wildman–Crippen MR) is 74.7 cm³/mol. The average molecular weight is 302 g/mol. The second-order valence-electron chi connectivity index (χ2n) is 5.67. The molecule has 0 aromatic carbocycles. The number of nitrogens with one attached hydrogen (secondary N) is 1. The van der Waals surface area contributed by atoms with E-state index in [4.69, 9.17) is 4.52 Å². The summed E-state index contributed by atoms with van der Waals surface area (Å²) < 4.78 is 30.4. The maximum absolute atomic E-state index is 11.3. The third-order valence-corrected chi connectivity index (χ3v) is 4.01. The lowest BCUT2D eigenvalue weighted by Crippen LogP contribution is -2.47. The number of hydrogen-bond donors (Lipinski definition) is 1. The minimum absolute atomic E-state index is 0.0359. The molecule has 0 saturated carbocycles. The molecule has 20 heavy (non-hydrogen) atoms. The van der Waals surface area contributed by atoms with Gasteiger partial charge in [-0.15, -0.1) is 0 Å². The van der Waals surface area contributed by atoms with Crippen molar-refractivity contribution in [1.29, 1.82) is 0 Å². The van der Waals surface area contributed by atoms with Gasteiger partial charge in [0.15, 0.2) is 5.82 Å². The molecule has 1 N–H and O–H groups in total. The lowest BCUT2D eigenvalue weighted by atomic mass is 10.1. The molecule has 2 rings (SSSR count). The maximum atomic E-state index is 11.3. The minimum atomic E-state index is -3.16. The second-order valence-corrected chi connectivity index (χ2v) is 7.45. The van der Waals surface area contributed by atoms with Gasteiger partial charge >= 0.3 is 0 Å². The van der Waals surface area contributed by atoms with E-state index >= 15 is 0 Å². The van der Waals surface area contributed by atoms with Gasteiger partial charge in [0.25, 0.3) is 0 Å². The van der Waals surface area contributed by atoms with Crippen LogP contribution in [0.5, 0.6) is 0 Å². The minimum Gasteiger partial charge on any atom is -0.338 e. The number of rotatable bonds is 5. The summed E-state index contributed by atoms with van der Waals surface area (Å²) in [5, 5.41) is 3.94. The van der Waals surface area contributed by atoms with Gasteiger partial charge in [-0.2, -0.15) is 4.98 Å². The SMILES string of the molecule is CC(C)c1noc(CN2CCCC(NS(C)(=O)=O)C2)n1. The second kappa shape index (κ2) is 6.19. The van der Waals surface area contributed by atoms with Crippen molar-refractivity contribution in [3.63, 3.8) is 0 Å². The topological polar surface area (TPSA) is 88.3 Å². The van der Waals surface area contributed by atoms with Crippen LogP contribution in [0, 0.1) is 0 Å². The van der Waals surface area contributed by atoms with Crippen LogP contribution in [-0.2, 0) is 16.6 Å². The highest BCUT2D eigenvalue weighted by atomic mass is 32.2. The van der Waals surface area contributed by atoms with Crippen molar-refractivity contribution in [3.05, 3.63) is 11.7 Å². The van der Waals surface area contributed by atoms with Crippen LogP contribution < -0.4 is 4.72 Å². The average Bonchev–Trinajstić information content (AvgIpc) is 2.75. The number of piperidine rings is 1. The zero-order valence-electron chi connectivity index (χ0n) is 12.2. The predicted octanol–water partition coefficient (Wildman–Crippen LogP) is 0.707. The Morgan fingerprint density at radius 2 is 2.25 bits per heavy atom. The van der Waals surface area contributed by atoms with Crippen molar-refractivity contribution >= 4 is 10.0 Å². The van der Waals surface area contributed by atoms with E-state index in [9.17, 15) is 8.42 Å². The van der Waals surface area contributed by atoms with Gasteiger partial charge in [-0.05, 0) is 19.4 Å². The highest BCUT2D eigenvalue weighted by molar-refractivity contribution is 7.88. The molecule has 7 nitrogen and oxygen atoms in total. The fraction of sp³-hybridized carbons (Fsp3) is 0.833. The van der Waals surface area contributed by atoms with E-state index in [-0.39, 0.29) is 12.0 Å². The molecule has 114 valence electrons. The van der Waals surface area contributed by atoms with Gasteiger partial charge in [-0.25, -0.2) is 13.1 Å². The molecule has 0 aliphatic carbocycles. The first-order valence-electron chi connectivity index (χ1n) is 6.85. The first-order valence-corrected chi connectivity index (χ1v) is 8.75. The Morgan fingerprint density at radius 3 is 2.85 bits per heavy atom. The quantitative estimate of drug-likeness (QED) is 0.861. The summed E-state index contributed by atoms with van der Waals surface area (Å²) in [6.45, 7) is 6.19. The number of nitrogens with zero attached hydrogens (tertiary/aromatic N) is 3. The molecule has 2 heterocycles. The van der Waals surface area contributed by atoms with Crippen LogP contribution >= 0.6 is 0 Å². The molecule has 1 saturated heterocycles. The summed E-state index contributed by atoms with van der Waals surface area (Å²) in [6.07, 6.45) is 3.02. The number of sulfonamides is 1. The van der Waals surface area contributed by atoms with Gasteiger partial charge < -0.3 is 4.52 Å². The van der Waals surface area contributed by atoms with Crippen LogP contribution in [0.25, 0.3) is 0 Å². The maximum Gasteiger partial charge on any atom is 0.240 e. The number of likely N-dealkylation sites (tertiary alicyclic amines) is 1. The van der Waals surface area contributed by atoms with E-state index < -0.39 is 10.0 Å². The van der Waals surface area contributed by atoms with Crippen molar-refractivity contribution in [2.75, 3.05) is 19.3 Å². The summed E-state index contributed by atoms with van der Waals surface area (Å²) in [7, 11) is -3.16. The summed E-state index contributed by atoms with van der Waals surface area (Å²) >= 11 is 0. The van der Waals surface area contributed by atoms with E-state index in [0.717, 1.165) is 19.4 Å². The van der Waals surface area contributed by atoms with Crippen LogP contribution in [0.4, 0.5) is 0 Å². The van der Waals surface area contributed by atoms with Crippen LogP contribution in [0.3, 0.4) is 0 Å². The fourth-order valence-electron chi connectivity index (χ4n) is 2.36. The summed E-state index contributed by atoms with van der Waals surface area (Å²) in [5.74, 6) is 1.55. The van der Waals surface area contributed by atoms with Crippen LogP contribution in [0.2, 0.25) is 0 Å². The van der Waals surface area contributed by atoms with E-state index in [0.29, 0.717) is 24.8 Å². The molecular weight excluding hydrogens is 280 g/mol. The molecule has 0 spiro atoms. The Kier molecular flexibility index (Phi) is 4.77. The van der Waals surface area contributed by atoms with E-state index in [1.165, 1.54) is 6.26 Å². The summed E-state index contributed by atoms with van der Waals surface area (Å²) in [4.78, 5) is 6.49. The lowest BCUT2D eigenvalue weighted by Gasteiger charge is -2.31. The van der Waals surface area contributed by atoms with Crippen molar-refractivity contribution in [2.45, 2.75) is 45.2 Å². The molecule has 1 aromatic rings. The third-order valence-electron chi connectivity index (χ3n) is 3.25. The molecule has 8 heteroatoms. The Morgan fingerprint density at radius 1 is 1.50 bits per heavy atom. The summed E-state index contributed by atoms with van der Waals surface area (Å²) in [5.41, 5.74) is 0. The van der Waals surface area contributed by atoms with E-state index in [1.807, 2.05) is 13.8 Å². The van der Waals surface area contributed by atoms with Gasteiger partial charge in [0.05, 0.1) is 12.8 Å². The molecule has 0 bridgehead atoms. The van der Waals surface area contributed by atoms with Gasteiger partial charge in [-0.1, -0.05) is 19.0 Å². The zero-order valence-corrected chi connectivity index (χ0v) is 13.0. The van der Waals surface area contributed by atoms with Crippen molar-refractivity contribution in [1.82, 2.24) is 19.8 Å². The van der Waals surface area contributed by atoms with Crippen molar-refractivity contribution < 1.29 is 12.9 Å². The van der Waals surface area contributed by atoms with Gasteiger partial charge in [0, 0.05) is 18.5 Å². The Labute approximate surface area is 119 Å². The molecule has 1 atom stereocenters. The highest BCUT2D eigenvalue weighted by Gasteiger charge is 2.23. The fourth-order valence-corrected chi connectivity index (χ4v) is 3.15. The van der Waals surface area contributed by atoms with Crippen LogP contribution in [0.15, 0.2) is 4.52 Å².